The Morgan fingerprint density at radius 2 is 0.645 bits per heavy atom. The number of phenols is 1. The maximum atomic E-state index is 15.2. The normalized spacial score (nSPS) is 12.2. The first kappa shape index (κ1) is 97.1. The number of benzene rings is 2. The second-order valence-corrected chi connectivity index (χ2v) is 30.2. The van der Waals surface area contributed by atoms with E-state index < -0.39 is 153 Å². The van der Waals surface area contributed by atoms with Gasteiger partial charge in [0.1, 0.15) is 11.5 Å². The quantitative estimate of drug-likeness (QED) is 0.0207. The molecule has 107 heavy (non-hydrogen) atoms. The number of carbonyl (C=O) groups excluding carboxylic acids is 8. The van der Waals surface area contributed by atoms with Crippen LogP contribution in [0, 0.1) is 11.8 Å². The third-order valence-electron chi connectivity index (χ3n) is 20.6. The summed E-state index contributed by atoms with van der Waals surface area (Å²) < 4.78 is 36.2. The lowest BCUT2D eigenvalue weighted by atomic mass is 9.81. The number of rotatable bonds is 71. The zero-order valence-corrected chi connectivity index (χ0v) is 67.9. The zero-order chi connectivity index (χ0) is 78.7. The van der Waals surface area contributed by atoms with Crippen LogP contribution in [0.4, 0.5) is 0 Å². The molecule has 0 heterocycles. The van der Waals surface area contributed by atoms with Crippen LogP contribution in [0.15, 0.2) is 0 Å². The summed E-state index contributed by atoms with van der Waals surface area (Å²) in [6.45, 7) is 13.6. The van der Waals surface area contributed by atoms with Crippen molar-refractivity contribution in [1.82, 2.24) is 0 Å². The molecule has 2 rings (SSSR count). The van der Waals surface area contributed by atoms with Gasteiger partial charge in [0, 0.05) is 50.9 Å². The molecule has 2 aromatic carbocycles. The molecule has 19 heteroatoms. The Kier molecular flexibility index (Phi) is 57.0. The highest BCUT2D eigenvalue weighted by atomic mass is 16.6. The van der Waals surface area contributed by atoms with Gasteiger partial charge in [-0.25, -0.2) is 9.59 Å². The highest BCUT2D eigenvalue weighted by Crippen LogP contribution is 2.57. The van der Waals surface area contributed by atoms with Gasteiger partial charge in [-0.1, -0.05) is 318 Å². The Morgan fingerprint density at radius 3 is 0.972 bits per heavy atom. The first-order valence-electron chi connectivity index (χ1n) is 43.0. The maximum Gasteiger partial charge on any atom is 0.342 e. The standard InChI is InChI=1S/C88H146O19/c1-8-14-20-26-32-38-44-50-56-73(92)104-83-79-78(87(99)100)69(65-72(91)70(66-89)67(7)64-77(96)102-62-54-48-42-36-30-24-18-12-5)68(60-61-71(90)82(98)88(101)103-63-55-49-43-37-31-25-19-13-6)81(97)80(79)84(105-74(93)57-51-45-39-33-27-21-15-9-2)86(107-76(95)59-53-47-41-35-29-23-17-11-4)85(83)106-75(94)58-52-46-40-34-28-22-16-10-3/h67,70,82,89,97-98H,8-66H2,1-7H3,(H,99,100). The number of carboxylic acid groups (broad SMARTS) is 1. The number of phenolic OH excluding ortho intramolecular Hbond substituents is 1. The molecule has 0 saturated carbocycles. The first-order valence-corrected chi connectivity index (χ1v) is 43.0. The highest BCUT2D eigenvalue weighted by Gasteiger charge is 2.39. The smallest absolute Gasteiger partial charge is 0.342 e. The molecule has 0 spiro atoms. The van der Waals surface area contributed by atoms with Crippen molar-refractivity contribution >= 4 is 64.1 Å². The Morgan fingerprint density at radius 1 is 0.346 bits per heavy atom. The number of hydrogen-bond acceptors (Lipinski definition) is 18. The largest absolute Gasteiger partial charge is 0.507 e. The molecule has 0 aromatic heterocycles. The monoisotopic (exact) mass is 1510 g/mol. The number of Topliss-reactive ketones (excluding diaryl/α,β-unsaturated/α-hetero) is 2. The van der Waals surface area contributed by atoms with Gasteiger partial charge in [-0.15, -0.1) is 0 Å². The molecule has 19 nitrogen and oxygen atoms in total. The molecule has 3 unspecified atom stereocenters. The topological polar surface area (TPSA) is 290 Å². The van der Waals surface area contributed by atoms with Crippen LogP contribution in [-0.2, 0) is 60.7 Å². The number of esters is 6. The summed E-state index contributed by atoms with van der Waals surface area (Å²) in [7, 11) is 0. The van der Waals surface area contributed by atoms with Crippen LogP contribution >= 0.6 is 0 Å². The number of aliphatic hydroxyl groups is 2. The Balaban J connectivity index is 3.25. The van der Waals surface area contributed by atoms with E-state index >= 15 is 4.79 Å². The molecule has 3 atom stereocenters. The van der Waals surface area contributed by atoms with Crippen LogP contribution in [0.2, 0.25) is 0 Å². The molecular weight excluding hydrogens is 1360 g/mol. The van der Waals surface area contributed by atoms with Gasteiger partial charge in [0.05, 0.1) is 36.2 Å². The van der Waals surface area contributed by atoms with Crippen molar-refractivity contribution in [3.8, 4) is 28.7 Å². The lowest BCUT2D eigenvalue weighted by molar-refractivity contribution is -0.158. The summed E-state index contributed by atoms with van der Waals surface area (Å²) in [5.74, 6) is -15.7. The van der Waals surface area contributed by atoms with Gasteiger partial charge in [-0.2, -0.15) is 0 Å². The van der Waals surface area contributed by atoms with Gasteiger partial charge < -0.3 is 48.8 Å². The number of aliphatic hydroxyl groups excluding tert-OH is 2. The van der Waals surface area contributed by atoms with E-state index in [1.165, 1.54) is 12.8 Å². The molecule has 0 aliphatic rings. The number of fused-ring (bicyclic) bond motifs is 1. The predicted octanol–water partition coefficient (Wildman–Crippen LogP) is 22.0. The van der Waals surface area contributed by atoms with Crippen molar-refractivity contribution in [1.29, 1.82) is 0 Å². The van der Waals surface area contributed by atoms with Crippen LogP contribution in [0.5, 0.6) is 28.7 Å². The summed E-state index contributed by atoms with van der Waals surface area (Å²) in [5, 5.41) is 46.4. The number of ether oxygens (including phenoxy) is 6. The minimum atomic E-state index is -2.33. The lowest BCUT2D eigenvalue weighted by Crippen LogP contribution is -2.32. The zero-order valence-electron chi connectivity index (χ0n) is 67.9. The van der Waals surface area contributed by atoms with Crippen molar-refractivity contribution in [2.24, 2.45) is 11.8 Å². The van der Waals surface area contributed by atoms with E-state index in [9.17, 15) is 58.8 Å². The summed E-state index contributed by atoms with van der Waals surface area (Å²) in [4.78, 5) is 130. The second kappa shape index (κ2) is 62.8. The third-order valence-corrected chi connectivity index (χ3v) is 20.6. The van der Waals surface area contributed by atoms with Crippen molar-refractivity contribution in [3.05, 3.63) is 16.7 Å². The molecule has 0 aliphatic heterocycles. The van der Waals surface area contributed by atoms with Crippen LogP contribution in [0.25, 0.3) is 10.8 Å². The fourth-order valence-corrected chi connectivity index (χ4v) is 13.9. The van der Waals surface area contributed by atoms with E-state index in [0.29, 0.717) is 64.2 Å². The molecule has 0 radical (unpaired) electrons. The van der Waals surface area contributed by atoms with Crippen molar-refractivity contribution < 1.29 is 92.0 Å². The lowest BCUT2D eigenvalue weighted by Gasteiger charge is -2.26. The van der Waals surface area contributed by atoms with E-state index in [1.807, 2.05) is 0 Å². The Labute approximate surface area is 644 Å². The predicted molar refractivity (Wildman–Crippen MR) is 424 cm³/mol. The van der Waals surface area contributed by atoms with Gasteiger partial charge in [-0.3, -0.25) is 33.6 Å². The first-order chi connectivity index (χ1) is 51.9. The van der Waals surface area contributed by atoms with Crippen LogP contribution in [0.1, 0.15) is 417 Å². The van der Waals surface area contributed by atoms with Gasteiger partial charge in [0.25, 0.3) is 0 Å². The maximum absolute atomic E-state index is 15.2. The SMILES string of the molecule is CCCCCCCCCCOC(=O)CC(C)C(CO)C(=O)Cc1c(CCC(=O)C(O)C(=O)OCCCCCCCCCC)c(O)c2c(OC(=O)CCCCCCCCCC)c(OC(=O)CCCCCCCCCC)c(OC(=O)CCCCCCCCCC)c(OC(=O)CCCCCCCCCC)c2c1C(=O)O. The number of aromatic carboxylic acids is 1. The molecule has 0 fully saturated rings. The number of carboxylic acids is 1. The molecular formula is C88H146O19. The minimum Gasteiger partial charge on any atom is -0.507 e. The number of hydrogen-bond donors (Lipinski definition) is 4. The molecule has 0 aliphatic carbocycles. The highest BCUT2D eigenvalue weighted by molar-refractivity contribution is 6.16. The Bertz CT molecular complexity index is 2820. The van der Waals surface area contributed by atoms with Crippen molar-refractivity contribution in [2.75, 3.05) is 19.8 Å². The molecule has 0 bridgehead atoms. The average Bonchev–Trinajstić information content (AvgIpc) is 0.718. The minimum absolute atomic E-state index is 0.0750. The van der Waals surface area contributed by atoms with Crippen molar-refractivity contribution in [3.63, 3.8) is 0 Å². The van der Waals surface area contributed by atoms with Crippen LogP contribution in [-0.4, -0.2) is 99.7 Å². The van der Waals surface area contributed by atoms with E-state index in [0.717, 1.165) is 231 Å². The molecule has 612 valence electrons. The second-order valence-electron chi connectivity index (χ2n) is 30.2. The summed E-state index contributed by atoms with van der Waals surface area (Å²) >= 11 is 0. The fourth-order valence-electron chi connectivity index (χ4n) is 13.9. The summed E-state index contributed by atoms with van der Waals surface area (Å²) in [6, 6.07) is 0. The summed E-state index contributed by atoms with van der Waals surface area (Å²) in [6.07, 6.45) is 37.6. The molecule has 4 N–H and O–H groups in total. The van der Waals surface area contributed by atoms with E-state index in [2.05, 4.69) is 41.5 Å². The van der Waals surface area contributed by atoms with E-state index in [4.69, 9.17) is 28.4 Å². The van der Waals surface area contributed by atoms with Gasteiger partial charge in [-0.05, 0) is 62.0 Å². The van der Waals surface area contributed by atoms with Crippen molar-refractivity contribution in [2.45, 2.75) is 414 Å². The third kappa shape index (κ3) is 42.2. The number of aromatic hydroxyl groups is 1. The van der Waals surface area contributed by atoms with Gasteiger partial charge in [0.2, 0.25) is 17.6 Å². The van der Waals surface area contributed by atoms with Gasteiger partial charge in [0.15, 0.2) is 17.3 Å². The average molecular weight is 1510 g/mol. The molecule has 2 aromatic rings. The van der Waals surface area contributed by atoms with Crippen LogP contribution < -0.4 is 18.9 Å². The number of unbranched alkanes of at least 4 members (excludes halogenated alkanes) is 42. The number of ketones is 2. The fraction of sp³-hybridized carbons (Fsp3) is 0.784. The van der Waals surface area contributed by atoms with E-state index in [1.54, 1.807) is 6.92 Å². The Hall–Kier alpha value is -5.95. The van der Waals surface area contributed by atoms with Gasteiger partial charge >= 0.3 is 41.8 Å². The van der Waals surface area contributed by atoms with E-state index in [-0.39, 0.29) is 45.3 Å². The molecule has 0 saturated heterocycles. The van der Waals surface area contributed by atoms with Crippen LogP contribution in [0.3, 0.4) is 0 Å². The summed E-state index contributed by atoms with van der Waals surface area (Å²) in [5.41, 5.74) is -1.81. The number of carbonyl (C=O) groups is 9. The molecule has 0 amide bonds.